The van der Waals surface area contributed by atoms with E-state index in [4.69, 9.17) is 0 Å². The quantitative estimate of drug-likeness (QED) is 0.223. The predicted octanol–water partition coefficient (Wildman–Crippen LogP) is 5.93. The van der Waals surface area contributed by atoms with Gasteiger partial charge < -0.3 is 15.7 Å². The molecule has 4 aromatic rings. The first-order valence-corrected chi connectivity index (χ1v) is 12.8. The summed E-state index contributed by atoms with van der Waals surface area (Å²) >= 11 is 1.77. The number of anilines is 1. The van der Waals surface area contributed by atoms with E-state index in [1.807, 2.05) is 60.7 Å². The number of aliphatic hydroxyl groups is 1. The molecule has 0 spiro atoms. The Bertz CT molecular complexity index is 1220. The highest BCUT2D eigenvalue weighted by Gasteiger charge is 2.22. The molecule has 0 saturated carbocycles. The van der Waals surface area contributed by atoms with Crippen LogP contribution in [-0.4, -0.2) is 29.7 Å². The zero-order chi connectivity index (χ0) is 25.2. The minimum atomic E-state index is -0.846. The Balaban J connectivity index is 1.35. The maximum Gasteiger partial charge on any atom is 0.251 e. The van der Waals surface area contributed by atoms with Crippen molar-refractivity contribution in [1.29, 1.82) is 0 Å². The highest BCUT2D eigenvalue weighted by molar-refractivity contribution is 7.98. The van der Waals surface area contributed by atoms with Crippen molar-refractivity contribution in [2.45, 2.75) is 29.2 Å². The summed E-state index contributed by atoms with van der Waals surface area (Å²) < 4.78 is 13.3. The SMILES string of the molecule is O=C(N[C@@H](Cc1ccccc1)[C@H](O)CNc1ccc(SCc2ccccc2)cc1)c1ccc(F)cc1. The molecule has 2 atom stereocenters. The molecule has 184 valence electrons. The van der Waals surface area contributed by atoms with Crippen molar-refractivity contribution in [3.8, 4) is 0 Å². The summed E-state index contributed by atoms with van der Waals surface area (Å²) in [5.41, 5.74) is 3.51. The highest BCUT2D eigenvalue weighted by Crippen LogP contribution is 2.24. The van der Waals surface area contributed by atoms with Crippen LogP contribution < -0.4 is 10.6 Å². The standard InChI is InChI=1S/C30H29FN2O2S/c31-25-13-11-24(12-14-25)30(35)33-28(19-22-7-3-1-4-8-22)29(34)20-32-26-15-17-27(18-16-26)36-21-23-9-5-2-6-10-23/h1-18,28-29,32,34H,19-21H2,(H,33,35)/t28-,29+/m0/s1. The summed E-state index contributed by atoms with van der Waals surface area (Å²) in [6.07, 6.45) is -0.382. The monoisotopic (exact) mass is 500 g/mol. The zero-order valence-corrected chi connectivity index (χ0v) is 20.6. The average molecular weight is 501 g/mol. The van der Waals surface area contributed by atoms with E-state index >= 15 is 0 Å². The molecule has 0 radical (unpaired) electrons. The second-order valence-electron chi connectivity index (χ2n) is 8.52. The van der Waals surface area contributed by atoms with Gasteiger partial charge in [0.1, 0.15) is 5.82 Å². The van der Waals surface area contributed by atoms with E-state index in [0.29, 0.717) is 12.0 Å². The van der Waals surface area contributed by atoms with Gasteiger partial charge in [-0.05, 0) is 66.1 Å². The number of halogens is 1. The number of carbonyl (C=O) groups is 1. The Kier molecular flexibility index (Phi) is 9.14. The normalized spacial score (nSPS) is 12.5. The Morgan fingerprint density at radius 3 is 2.06 bits per heavy atom. The van der Waals surface area contributed by atoms with Crippen LogP contribution in [0.2, 0.25) is 0 Å². The minimum absolute atomic E-state index is 0.262. The van der Waals surface area contributed by atoms with Crippen molar-refractivity contribution in [2.75, 3.05) is 11.9 Å². The van der Waals surface area contributed by atoms with Crippen LogP contribution in [0.5, 0.6) is 0 Å². The van der Waals surface area contributed by atoms with Gasteiger partial charge >= 0.3 is 0 Å². The first-order valence-electron chi connectivity index (χ1n) is 11.9. The van der Waals surface area contributed by atoms with Gasteiger partial charge in [0.15, 0.2) is 0 Å². The Morgan fingerprint density at radius 2 is 1.42 bits per heavy atom. The highest BCUT2D eigenvalue weighted by atomic mass is 32.2. The summed E-state index contributed by atoms with van der Waals surface area (Å²) in [5, 5.41) is 17.2. The summed E-state index contributed by atoms with van der Waals surface area (Å²) in [6.45, 7) is 0.262. The molecule has 0 aliphatic heterocycles. The van der Waals surface area contributed by atoms with Crippen molar-refractivity contribution in [1.82, 2.24) is 5.32 Å². The van der Waals surface area contributed by atoms with Gasteiger partial charge in [-0.3, -0.25) is 4.79 Å². The molecule has 0 bridgehead atoms. The fourth-order valence-electron chi connectivity index (χ4n) is 3.78. The van der Waals surface area contributed by atoms with E-state index in [0.717, 1.165) is 17.0 Å². The number of rotatable bonds is 11. The molecule has 6 heteroatoms. The first-order chi connectivity index (χ1) is 17.6. The van der Waals surface area contributed by atoms with Crippen LogP contribution in [0.15, 0.2) is 114 Å². The number of aliphatic hydroxyl groups excluding tert-OH is 1. The van der Waals surface area contributed by atoms with Crippen molar-refractivity contribution in [3.05, 3.63) is 132 Å². The summed E-state index contributed by atoms with van der Waals surface area (Å²) in [5.74, 6) is 0.150. The van der Waals surface area contributed by atoms with E-state index < -0.39 is 18.0 Å². The molecule has 4 rings (SSSR count). The van der Waals surface area contributed by atoms with Crippen molar-refractivity contribution < 1.29 is 14.3 Å². The van der Waals surface area contributed by atoms with Crippen LogP contribution in [-0.2, 0) is 12.2 Å². The maximum atomic E-state index is 13.3. The summed E-state index contributed by atoms with van der Waals surface area (Å²) in [7, 11) is 0. The van der Waals surface area contributed by atoms with Gasteiger partial charge in [0.2, 0.25) is 0 Å². The molecular formula is C30H29FN2O2S. The molecule has 0 aliphatic rings. The summed E-state index contributed by atoms with van der Waals surface area (Å²) in [6, 6.07) is 33.0. The topological polar surface area (TPSA) is 61.4 Å². The molecule has 0 fully saturated rings. The number of nitrogens with one attached hydrogen (secondary N) is 2. The van der Waals surface area contributed by atoms with Gasteiger partial charge in [0.25, 0.3) is 5.91 Å². The predicted molar refractivity (Wildman–Crippen MR) is 145 cm³/mol. The Morgan fingerprint density at radius 1 is 0.806 bits per heavy atom. The lowest BCUT2D eigenvalue weighted by Crippen LogP contribution is -2.47. The second-order valence-corrected chi connectivity index (χ2v) is 9.57. The van der Waals surface area contributed by atoms with Crippen LogP contribution in [0.3, 0.4) is 0 Å². The fraction of sp³-hybridized carbons (Fsp3) is 0.167. The smallest absolute Gasteiger partial charge is 0.251 e. The van der Waals surface area contributed by atoms with Gasteiger partial charge in [-0.25, -0.2) is 4.39 Å². The van der Waals surface area contributed by atoms with Gasteiger partial charge in [0.05, 0.1) is 12.1 Å². The maximum absolute atomic E-state index is 13.3. The third-order valence-corrected chi connectivity index (χ3v) is 6.89. The van der Waals surface area contributed by atoms with E-state index in [-0.39, 0.29) is 12.5 Å². The molecule has 1 amide bonds. The second kappa shape index (κ2) is 12.9. The lowest BCUT2D eigenvalue weighted by atomic mass is 10.0. The van der Waals surface area contributed by atoms with Crippen LogP contribution >= 0.6 is 11.8 Å². The van der Waals surface area contributed by atoms with Crippen molar-refractivity contribution >= 4 is 23.4 Å². The van der Waals surface area contributed by atoms with E-state index in [9.17, 15) is 14.3 Å². The van der Waals surface area contributed by atoms with Crippen molar-refractivity contribution in [3.63, 3.8) is 0 Å². The van der Waals surface area contributed by atoms with Crippen LogP contribution in [0.25, 0.3) is 0 Å². The Hall–Kier alpha value is -3.61. The third-order valence-electron chi connectivity index (χ3n) is 5.80. The molecule has 0 heterocycles. The number of benzene rings is 4. The molecule has 4 aromatic carbocycles. The zero-order valence-electron chi connectivity index (χ0n) is 19.8. The van der Waals surface area contributed by atoms with E-state index in [1.54, 1.807) is 11.8 Å². The molecule has 0 aliphatic carbocycles. The van der Waals surface area contributed by atoms with E-state index in [2.05, 4.69) is 34.9 Å². The van der Waals surface area contributed by atoms with E-state index in [1.165, 1.54) is 34.7 Å². The number of amides is 1. The lowest BCUT2D eigenvalue weighted by Gasteiger charge is -2.25. The number of hydrogen-bond acceptors (Lipinski definition) is 4. The largest absolute Gasteiger partial charge is 0.389 e. The van der Waals surface area contributed by atoms with Gasteiger partial charge in [-0.15, -0.1) is 11.8 Å². The number of thioether (sulfide) groups is 1. The summed E-state index contributed by atoms with van der Waals surface area (Å²) in [4.78, 5) is 13.9. The molecule has 0 saturated heterocycles. The molecule has 0 aromatic heterocycles. The average Bonchev–Trinajstić information content (AvgIpc) is 2.92. The number of hydrogen-bond donors (Lipinski definition) is 3. The minimum Gasteiger partial charge on any atom is -0.389 e. The first kappa shape index (κ1) is 25.5. The molecule has 4 nitrogen and oxygen atoms in total. The van der Waals surface area contributed by atoms with Crippen molar-refractivity contribution in [2.24, 2.45) is 0 Å². The lowest BCUT2D eigenvalue weighted by molar-refractivity contribution is 0.0851. The van der Waals surface area contributed by atoms with Crippen LogP contribution in [0.4, 0.5) is 10.1 Å². The molecule has 36 heavy (non-hydrogen) atoms. The van der Waals surface area contributed by atoms with Gasteiger partial charge in [0, 0.05) is 28.4 Å². The number of carbonyl (C=O) groups excluding carboxylic acids is 1. The van der Waals surface area contributed by atoms with Crippen LogP contribution in [0.1, 0.15) is 21.5 Å². The fourth-order valence-corrected chi connectivity index (χ4v) is 4.63. The van der Waals surface area contributed by atoms with Crippen LogP contribution in [0, 0.1) is 5.82 Å². The van der Waals surface area contributed by atoms with Gasteiger partial charge in [-0.2, -0.15) is 0 Å². The van der Waals surface area contributed by atoms with Gasteiger partial charge in [-0.1, -0.05) is 60.7 Å². The third kappa shape index (κ3) is 7.70. The molecule has 3 N–H and O–H groups in total. The molecular weight excluding hydrogens is 471 g/mol. The Labute approximate surface area is 215 Å². The molecule has 0 unspecified atom stereocenters.